The fourth-order valence-corrected chi connectivity index (χ4v) is 7.57. The molecule has 0 fully saturated rings. The number of carbonyl (C=O) groups is 2. The first-order chi connectivity index (χ1) is 31.5. The molecule has 0 aliphatic rings. The fourth-order valence-electron chi connectivity index (χ4n) is 7.57. The summed E-state index contributed by atoms with van der Waals surface area (Å²) < 4.78 is 5.91. The summed E-state index contributed by atoms with van der Waals surface area (Å²) in [6.07, 6.45) is 67.5. The molecule has 0 saturated carbocycles. The molecule has 0 aromatic rings. The number of aliphatic hydroxyl groups is 2. The normalized spacial score (nSPS) is 14.0. The number of carbonyl (C=O) groups excluding carboxylic acids is 2. The van der Waals surface area contributed by atoms with Crippen molar-refractivity contribution in [3.05, 3.63) is 97.2 Å². The van der Waals surface area contributed by atoms with E-state index in [1.165, 1.54) is 103 Å². The van der Waals surface area contributed by atoms with Crippen LogP contribution in [0.15, 0.2) is 97.2 Å². The van der Waals surface area contributed by atoms with Crippen LogP contribution in [0.4, 0.5) is 0 Å². The van der Waals surface area contributed by atoms with Crippen molar-refractivity contribution >= 4 is 11.9 Å². The number of unbranched alkanes of at least 4 members (excludes halogenated alkanes) is 24. The van der Waals surface area contributed by atoms with Crippen LogP contribution >= 0.6 is 0 Å². The lowest BCUT2D eigenvalue weighted by Crippen LogP contribution is -2.46. The predicted octanol–water partition coefficient (Wildman–Crippen LogP) is 16.1. The standard InChI is InChI=1S/C58H99NO5/c1-4-7-10-13-16-19-22-25-27-29-31-33-36-39-42-45-48-51-58(63)64-54(49-46-43-40-37-34-32-30-28-26-23-20-17-14-11-8-5-2)52-57(62)59-55(53-60)56(61)50-47-44-41-38-35-24-21-18-15-12-9-6-3/h7,10,13,16,19,22,25,27-34,36,54-56,60-61H,4-6,8-9,11-12,14-15,17-18,20-21,23-24,26,35,37-53H2,1-3H3,(H,59,62)/b10-7-,16-13+,22-19+,27-25-,30-28+,31-29+,34-32+,36-33+. The number of esters is 1. The molecule has 6 nitrogen and oxygen atoms in total. The number of aliphatic hydroxyl groups excluding tert-OH is 2. The van der Waals surface area contributed by atoms with Crippen molar-refractivity contribution in [2.75, 3.05) is 6.61 Å². The quantitative estimate of drug-likeness (QED) is 0.0321. The molecule has 0 heterocycles. The summed E-state index contributed by atoms with van der Waals surface area (Å²) >= 11 is 0. The van der Waals surface area contributed by atoms with Gasteiger partial charge >= 0.3 is 5.97 Å². The van der Waals surface area contributed by atoms with Gasteiger partial charge in [-0.2, -0.15) is 0 Å². The maximum Gasteiger partial charge on any atom is 0.306 e. The summed E-state index contributed by atoms with van der Waals surface area (Å²) in [7, 11) is 0. The van der Waals surface area contributed by atoms with Crippen LogP contribution in [0.1, 0.15) is 233 Å². The van der Waals surface area contributed by atoms with Gasteiger partial charge in [-0.1, -0.05) is 246 Å². The van der Waals surface area contributed by atoms with Gasteiger partial charge in [0.15, 0.2) is 0 Å². The lowest BCUT2D eigenvalue weighted by atomic mass is 10.0. The molecule has 0 saturated heterocycles. The smallest absolute Gasteiger partial charge is 0.306 e. The second-order valence-corrected chi connectivity index (χ2v) is 17.7. The molecule has 366 valence electrons. The Morgan fingerprint density at radius 2 is 0.844 bits per heavy atom. The molecule has 0 aromatic carbocycles. The Hall–Kier alpha value is -3.22. The first-order valence-electron chi connectivity index (χ1n) is 26.6. The number of nitrogens with one attached hydrogen (secondary N) is 1. The molecular formula is C58H99NO5. The zero-order chi connectivity index (χ0) is 46.7. The van der Waals surface area contributed by atoms with Crippen LogP contribution in [0.25, 0.3) is 0 Å². The first-order valence-corrected chi connectivity index (χ1v) is 26.6. The Kier molecular flexibility index (Phi) is 48.2. The SMILES string of the molecule is CC\C=C/C=C/C=C/C=C\C=C\C=C\CCCCCC(=O)OC(CCCCC/C=C/C=C/CCCCCCCCC)CC(=O)NC(CO)C(O)CCCCCCCCCCCCCC. The number of amides is 1. The van der Waals surface area contributed by atoms with E-state index in [2.05, 4.69) is 68.6 Å². The molecule has 0 radical (unpaired) electrons. The van der Waals surface area contributed by atoms with Crippen molar-refractivity contribution in [1.82, 2.24) is 5.32 Å². The lowest BCUT2D eigenvalue weighted by molar-refractivity contribution is -0.151. The molecule has 3 atom stereocenters. The van der Waals surface area contributed by atoms with E-state index in [1.807, 2.05) is 54.7 Å². The lowest BCUT2D eigenvalue weighted by Gasteiger charge is -2.24. The number of hydrogen-bond donors (Lipinski definition) is 3. The highest BCUT2D eigenvalue weighted by Gasteiger charge is 2.24. The molecule has 3 N–H and O–H groups in total. The van der Waals surface area contributed by atoms with Gasteiger partial charge in [0, 0.05) is 6.42 Å². The fraction of sp³-hybridized carbons (Fsp3) is 0.690. The van der Waals surface area contributed by atoms with Crippen molar-refractivity contribution in [3.8, 4) is 0 Å². The van der Waals surface area contributed by atoms with E-state index in [1.54, 1.807) is 0 Å². The third-order valence-electron chi connectivity index (χ3n) is 11.6. The van der Waals surface area contributed by atoms with Gasteiger partial charge in [-0.05, 0) is 70.6 Å². The van der Waals surface area contributed by atoms with Gasteiger partial charge in [0.25, 0.3) is 0 Å². The van der Waals surface area contributed by atoms with Gasteiger partial charge < -0.3 is 20.3 Å². The molecule has 0 aliphatic heterocycles. The number of rotatable bonds is 46. The minimum Gasteiger partial charge on any atom is -0.462 e. The Morgan fingerprint density at radius 3 is 1.31 bits per heavy atom. The summed E-state index contributed by atoms with van der Waals surface area (Å²) in [6, 6.07) is -0.725. The Balaban J connectivity index is 4.75. The van der Waals surface area contributed by atoms with Crippen LogP contribution in [0, 0.1) is 0 Å². The number of hydrogen-bond acceptors (Lipinski definition) is 5. The Bertz CT molecular complexity index is 1270. The molecule has 3 unspecified atom stereocenters. The monoisotopic (exact) mass is 890 g/mol. The average molecular weight is 890 g/mol. The third-order valence-corrected chi connectivity index (χ3v) is 11.6. The minimum absolute atomic E-state index is 0.0362. The molecule has 64 heavy (non-hydrogen) atoms. The predicted molar refractivity (Wildman–Crippen MR) is 277 cm³/mol. The second-order valence-electron chi connectivity index (χ2n) is 17.7. The van der Waals surface area contributed by atoms with E-state index in [0.29, 0.717) is 19.3 Å². The van der Waals surface area contributed by atoms with Gasteiger partial charge in [-0.3, -0.25) is 9.59 Å². The van der Waals surface area contributed by atoms with Gasteiger partial charge in [0.05, 0.1) is 25.2 Å². The summed E-state index contributed by atoms with van der Waals surface area (Å²) in [5.41, 5.74) is 0. The molecule has 1 amide bonds. The van der Waals surface area contributed by atoms with Crippen molar-refractivity contribution in [2.24, 2.45) is 0 Å². The summed E-state index contributed by atoms with van der Waals surface area (Å²) in [6.45, 7) is 6.31. The maximum atomic E-state index is 13.2. The molecule has 6 heteroatoms. The van der Waals surface area contributed by atoms with Crippen molar-refractivity contribution in [3.63, 3.8) is 0 Å². The highest BCUT2D eigenvalue weighted by molar-refractivity contribution is 5.77. The van der Waals surface area contributed by atoms with E-state index in [0.717, 1.165) is 83.5 Å². The summed E-state index contributed by atoms with van der Waals surface area (Å²) in [5.74, 6) is -0.556. The van der Waals surface area contributed by atoms with Crippen LogP contribution in [0.2, 0.25) is 0 Å². The van der Waals surface area contributed by atoms with Gasteiger partial charge in [0.2, 0.25) is 5.91 Å². The zero-order valence-electron chi connectivity index (χ0n) is 41.6. The zero-order valence-corrected chi connectivity index (χ0v) is 41.6. The Morgan fingerprint density at radius 1 is 0.469 bits per heavy atom. The van der Waals surface area contributed by atoms with E-state index >= 15 is 0 Å². The van der Waals surface area contributed by atoms with E-state index in [4.69, 9.17) is 4.74 Å². The average Bonchev–Trinajstić information content (AvgIpc) is 3.29. The van der Waals surface area contributed by atoms with Gasteiger partial charge in [0.1, 0.15) is 6.10 Å². The van der Waals surface area contributed by atoms with Crippen LogP contribution in [0.5, 0.6) is 0 Å². The van der Waals surface area contributed by atoms with Crippen LogP contribution in [-0.4, -0.2) is 46.9 Å². The molecule has 0 aromatic heterocycles. The largest absolute Gasteiger partial charge is 0.462 e. The molecule has 0 aliphatic carbocycles. The van der Waals surface area contributed by atoms with Crippen LogP contribution in [-0.2, 0) is 14.3 Å². The molecule has 0 spiro atoms. The van der Waals surface area contributed by atoms with E-state index in [9.17, 15) is 19.8 Å². The first kappa shape index (κ1) is 60.8. The van der Waals surface area contributed by atoms with Crippen LogP contribution < -0.4 is 5.32 Å². The van der Waals surface area contributed by atoms with E-state index in [-0.39, 0.29) is 24.9 Å². The van der Waals surface area contributed by atoms with Gasteiger partial charge in [-0.15, -0.1) is 0 Å². The van der Waals surface area contributed by atoms with Crippen molar-refractivity contribution in [1.29, 1.82) is 0 Å². The Labute approximate surface area is 395 Å². The second kappa shape index (κ2) is 50.8. The molecular weight excluding hydrogens is 791 g/mol. The topological polar surface area (TPSA) is 95.9 Å². The van der Waals surface area contributed by atoms with Crippen LogP contribution in [0.3, 0.4) is 0 Å². The van der Waals surface area contributed by atoms with Gasteiger partial charge in [-0.25, -0.2) is 0 Å². The molecule has 0 rings (SSSR count). The summed E-state index contributed by atoms with van der Waals surface area (Å²) in [4.78, 5) is 26.2. The molecule has 0 bridgehead atoms. The summed E-state index contributed by atoms with van der Waals surface area (Å²) in [5, 5.41) is 23.8. The minimum atomic E-state index is -0.808. The third kappa shape index (κ3) is 45.4. The highest BCUT2D eigenvalue weighted by Crippen LogP contribution is 2.17. The maximum absolute atomic E-state index is 13.2. The van der Waals surface area contributed by atoms with Crippen molar-refractivity contribution < 1.29 is 24.5 Å². The van der Waals surface area contributed by atoms with E-state index < -0.39 is 18.2 Å². The van der Waals surface area contributed by atoms with Crippen molar-refractivity contribution in [2.45, 2.75) is 251 Å². The number of ether oxygens (including phenoxy) is 1. The number of allylic oxidation sites excluding steroid dienone is 16. The highest BCUT2D eigenvalue weighted by atomic mass is 16.5.